The number of amides is 2. The summed E-state index contributed by atoms with van der Waals surface area (Å²) in [6.07, 6.45) is 13.2. The number of hydrogen-bond donors (Lipinski definition) is 5. The largest absolute Gasteiger partial charge is 0.480 e. The number of hydrogen-bond acceptors (Lipinski definition) is 6. The third kappa shape index (κ3) is 7.09. The number of carboxylic acids is 1. The molecule has 0 spiro atoms. The van der Waals surface area contributed by atoms with Crippen LogP contribution in [0.3, 0.4) is 0 Å². The van der Waals surface area contributed by atoms with E-state index in [0.29, 0.717) is 73.3 Å². The first-order chi connectivity index (χ1) is 21.4. The molecule has 11 atom stereocenters. The molecule has 4 aliphatic rings. The molecule has 1 aromatic heterocycles. The van der Waals surface area contributed by atoms with Crippen LogP contribution in [0.2, 0.25) is 0 Å². The fourth-order valence-electron chi connectivity index (χ4n) is 10.5. The number of unbranched alkanes of at least 4 members (excludes halogenated alkanes) is 1. The highest BCUT2D eigenvalue weighted by Gasteiger charge is 2.62. The van der Waals surface area contributed by atoms with Crippen LogP contribution in [0.5, 0.6) is 0 Å². The summed E-state index contributed by atoms with van der Waals surface area (Å²) in [6, 6.07) is 2.45. The van der Waals surface area contributed by atoms with Crippen molar-refractivity contribution in [2.75, 3.05) is 6.54 Å². The Hall–Kier alpha value is -2.52. The van der Waals surface area contributed by atoms with Crippen molar-refractivity contribution in [3.05, 3.63) is 30.1 Å². The van der Waals surface area contributed by atoms with E-state index in [1.807, 2.05) is 0 Å². The fourth-order valence-corrected chi connectivity index (χ4v) is 10.5. The SMILES string of the molecule is C[C@H](CCC(=O)N[C@@H](CCCCNC(=O)c1cccnc1)C(=O)O)[C@H]1CC[C@H]2[C@@H]3[C@H](O)C[C@@H]4C[C@H](O)CC[C@]4(C)[C@H]3CC[C@]12C. The van der Waals surface area contributed by atoms with Crippen LogP contribution in [-0.4, -0.2) is 62.9 Å². The maximum Gasteiger partial charge on any atom is 0.326 e. The van der Waals surface area contributed by atoms with Crippen molar-refractivity contribution in [3.8, 4) is 0 Å². The average Bonchev–Trinajstić information content (AvgIpc) is 3.37. The van der Waals surface area contributed by atoms with Gasteiger partial charge in [0.25, 0.3) is 5.91 Å². The Morgan fingerprint density at radius 2 is 1.76 bits per heavy atom. The number of aromatic nitrogens is 1. The lowest BCUT2D eigenvalue weighted by Crippen LogP contribution is -2.58. The lowest BCUT2D eigenvalue weighted by Gasteiger charge is -2.62. The lowest BCUT2D eigenvalue weighted by atomic mass is 9.43. The summed E-state index contributed by atoms with van der Waals surface area (Å²) in [5, 5.41) is 37.1. The molecule has 0 aliphatic heterocycles. The van der Waals surface area contributed by atoms with Gasteiger partial charge in [0.05, 0.1) is 17.8 Å². The van der Waals surface area contributed by atoms with Crippen molar-refractivity contribution in [1.29, 1.82) is 0 Å². The van der Waals surface area contributed by atoms with Crippen LogP contribution >= 0.6 is 0 Å². The van der Waals surface area contributed by atoms with Crippen molar-refractivity contribution in [2.24, 2.45) is 46.3 Å². The van der Waals surface area contributed by atoms with E-state index in [1.54, 1.807) is 18.3 Å². The second-order valence-electron chi connectivity index (χ2n) is 15.4. The summed E-state index contributed by atoms with van der Waals surface area (Å²) >= 11 is 0. The van der Waals surface area contributed by atoms with E-state index in [2.05, 4.69) is 36.4 Å². The standard InChI is InChI=1S/C36H55N3O6/c1-22(9-12-31(42)39-29(34(44)45)8-4-5-18-38-33(43)23-7-6-17-37-21-23)26-10-11-27-32-28(14-16-36(26,27)3)35(2)15-13-25(40)19-24(35)20-30(32)41/h6-7,17,21-22,24-30,32,40-41H,4-5,8-16,18-20H2,1-3H3,(H,38,43)(H,39,42)(H,44,45)/t22-,24+,25-,26-,27+,28+,29+,30-,32+,35+,36-/m1/s1. The Balaban J connectivity index is 1.08. The number of carbonyl (C=O) groups excluding carboxylic acids is 2. The Morgan fingerprint density at radius 1 is 1.00 bits per heavy atom. The van der Waals surface area contributed by atoms with Crippen LogP contribution in [0.15, 0.2) is 24.5 Å². The number of carboxylic acid groups (broad SMARTS) is 1. The Morgan fingerprint density at radius 3 is 2.49 bits per heavy atom. The first-order valence-corrected chi connectivity index (χ1v) is 17.5. The van der Waals surface area contributed by atoms with Crippen LogP contribution < -0.4 is 10.6 Å². The molecule has 5 N–H and O–H groups in total. The third-order valence-corrected chi connectivity index (χ3v) is 13.0. The maximum atomic E-state index is 12.9. The zero-order valence-electron chi connectivity index (χ0n) is 27.4. The van der Waals surface area contributed by atoms with Crippen LogP contribution in [0.25, 0.3) is 0 Å². The number of aliphatic hydroxyl groups is 2. The number of carbonyl (C=O) groups is 3. The molecule has 4 fully saturated rings. The smallest absolute Gasteiger partial charge is 0.326 e. The van der Waals surface area contributed by atoms with E-state index in [-0.39, 0.29) is 34.9 Å². The number of fused-ring (bicyclic) bond motifs is 5. The second-order valence-corrected chi connectivity index (χ2v) is 15.4. The molecule has 0 saturated heterocycles. The quantitative estimate of drug-likeness (QED) is 0.206. The van der Waals surface area contributed by atoms with E-state index < -0.39 is 12.0 Å². The van der Waals surface area contributed by atoms with Crippen LogP contribution in [-0.2, 0) is 9.59 Å². The number of nitrogens with one attached hydrogen (secondary N) is 2. The van der Waals surface area contributed by atoms with Gasteiger partial charge in [-0.05, 0) is 136 Å². The molecule has 0 aromatic carbocycles. The summed E-state index contributed by atoms with van der Waals surface area (Å²) in [7, 11) is 0. The second kappa shape index (κ2) is 14.1. The number of nitrogens with zero attached hydrogens (tertiary/aromatic N) is 1. The average molecular weight is 626 g/mol. The molecule has 45 heavy (non-hydrogen) atoms. The zero-order chi connectivity index (χ0) is 32.4. The summed E-state index contributed by atoms with van der Waals surface area (Å²) in [5.74, 6) is 1.09. The van der Waals surface area contributed by atoms with Gasteiger partial charge in [-0.1, -0.05) is 20.8 Å². The van der Waals surface area contributed by atoms with E-state index in [0.717, 1.165) is 57.8 Å². The zero-order valence-corrected chi connectivity index (χ0v) is 27.4. The molecular weight excluding hydrogens is 570 g/mol. The molecule has 4 saturated carbocycles. The van der Waals surface area contributed by atoms with Crippen LogP contribution in [0, 0.1) is 46.3 Å². The van der Waals surface area contributed by atoms with Gasteiger partial charge in [0.15, 0.2) is 0 Å². The van der Waals surface area contributed by atoms with Crippen molar-refractivity contribution >= 4 is 17.8 Å². The summed E-state index contributed by atoms with van der Waals surface area (Å²) in [6.45, 7) is 7.56. The number of aliphatic carboxylic acids is 1. The molecule has 9 heteroatoms. The van der Waals surface area contributed by atoms with E-state index in [4.69, 9.17) is 0 Å². The molecule has 4 aliphatic carbocycles. The van der Waals surface area contributed by atoms with E-state index in [1.165, 1.54) is 6.20 Å². The molecule has 9 nitrogen and oxygen atoms in total. The van der Waals surface area contributed by atoms with Crippen molar-refractivity contribution in [1.82, 2.24) is 15.6 Å². The minimum absolute atomic E-state index is 0.144. The summed E-state index contributed by atoms with van der Waals surface area (Å²) < 4.78 is 0. The predicted molar refractivity (Wildman–Crippen MR) is 171 cm³/mol. The van der Waals surface area contributed by atoms with E-state index >= 15 is 0 Å². The molecular formula is C36H55N3O6. The first-order valence-electron chi connectivity index (χ1n) is 17.5. The molecule has 5 rings (SSSR count). The minimum atomic E-state index is -1.03. The molecule has 250 valence electrons. The van der Waals surface area contributed by atoms with Crippen LogP contribution in [0.4, 0.5) is 0 Å². The Bertz CT molecular complexity index is 1200. The van der Waals surface area contributed by atoms with Crippen molar-refractivity contribution < 1.29 is 29.7 Å². The van der Waals surface area contributed by atoms with Gasteiger partial charge in [0.1, 0.15) is 6.04 Å². The molecule has 0 unspecified atom stereocenters. The first kappa shape index (κ1) is 33.8. The van der Waals surface area contributed by atoms with Gasteiger partial charge in [-0.15, -0.1) is 0 Å². The molecule has 0 bridgehead atoms. The highest BCUT2D eigenvalue weighted by molar-refractivity contribution is 5.93. The normalized spacial score (nSPS) is 37.0. The van der Waals surface area contributed by atoms with Crippen molar-refractivity contribution in [3.63, 3.8) is 0 Å². The van der Waals surface area contributed by atoms with Gasteiger partial charge < -0.3 is 26.0 Å². The van der Waals surface area contributed by atoms with Gasteiger partial charge in [0.2, 0.25) is 5.91 Å². The van der Waals surface area contributed by atoms with Gasteiger partial charge in [-0.2, -0.15) is 0 Å². The number of pyridine rings is 1. The molecule has 1 aromatic rings. The van der Waals surface area contributed by atoms with Gasteiger partial charge in [-0.3, -0.25) is 14.6 Å². The number of rotatable bonds is 12. The maximum absolute atomic E-state index is 12.9. The van der Waals surface area contributed by atoms with Crippen molar-refractivity contribution in [2.45, 2.75) is 122 Å². The Labute approximate surface area is 268 Å². The van der Waals surface area contributed by atoms with Gasteiger partial charge in [0, 0.05) is 25.4 Å². The third-order valence-electron chi connectivity index (χ3n) is 13.0. The monoisotopic (exact) mass is 625 g/mol. The van der Waals surface area contributed by atoms with Gasteiger partial charge >= 0.3 is 5.97 Å². The minimum Gasteiger partial charge on any atom is -0.480 e. The number of aliphatic hydroxyl groups excluding tert-OH is 2. The van der Waals surface area contributed by atoms with Crippen LogP contribution in [0.1, 0.15) is 115 Å². The van der Waals surface area contributed by atoms with Gasteiger partial charge in [-0.25, -0.2) is 4.79 Å². The Kier molecular flexibility index (Phi) is 10.6. The highest BCUT2D eigenvalue weighted by Crippen LogP contribution is 2.68. The summed E-state index contributed by atoms with van der Waals surface area (Å²) in [5.41, 5.74) is 0.837. The molecule has 2 amide bonds. The van der Waals surface area contributed by atoms with E-state index in [9.17, 15) is 29.7 Å². The molecule has 0 radical (unpaired) electrons. The molecule has 1 heterocycles. The fraction of sp³-hybridized carbons (Fsp3) is 0.778. The predicted octanol–water partition coefficient (Wildman–Crippen LogP) is 4.96. The lowest BCUT2D eigenvalue weighted by molar-refractivity contribution is -0.174. The summed E-state index contributed by atoms with van der Waals surface area (Å²) in [4.78, 5) is 40.9. The highest BCUT2D eigenvalue weighted by atomic mass is 16.4. The topological polar surface area (TPSA) is 149 Å².